The normalized spacial score (nSPS) is 14.2. The van der Waals surface area contributed by atoms with E-state index in [4.69, 9.17) is 9.47 Å². The lowest BCUT2D eigenvalue weighted by atomic mass is 10.2. The molecular formula is C16H17N3O4S. The Hall–Kier alpha value is -2.61. The monoisotopic (exact) mass is 347 g/mol. The number of aromatic nitrogens is 1. The van der Waals surface area contributed by atoms with Crippen LogP contribution in [0, 0.1) is 0 Å². The van der Waals surface area contributed by atoms with E-state index < -0.39 is 0 Å². The summed E-state index contributed by atoms with van der Waals surface area (Å²) in [4.78, 5) is 29.8. The zero-order valence-electron chi connectivity index (χ0n) is 13.4. The maximum atomic E-state index is 12.5. The summed E-state index contributed by atoms with van der Waals surface area (Å²) in [7, 11) is 3.15. The highest BCUT2D eigenvalue weighted by Gasteiger charge is 2.24. The molecule has 1 N–H and O–H groups in total. The number of hydrogen-bond donors (Lipinski definition) is 1. The Morgan fingerprint density at radius 2 is 2.08 bits per heavy atom. The summed E-state index contributed by atoms with van der Waals surface area (Å²) in [6, 6.07) is 5.48. The van der Waals surface area contributed by atoms with Crippen molar-refractivity contribution < 1.29 is 19.1 Å². The van der Waals surface area contributed by atoms with Gasteiger partial charge in [0.15, 0.2) is 11.5 Å². The van der Waals surface area contributed by atoms with E-state index in [-0.39, 0.29) is 18.4 Å². The van der Waals surface area contributed by atoms with Crippen LogP contribution < -0.4 is 14.8 Å². The number of nitrogens with zero attached hydrogens (tertiary/aromatic N) is 2. The van der Waals surface area contributed by atoms with Crippen LogP contribution in [0.2, 0.25) is 0 Å². The predicted molar refractivity (Wildman–Crippen MR) is 89.6 cm³/mol. The van der Waals surface area contributed by atoms with Crippen LogP contribution in [0.5, 0.6) is 11.5 Å². The third kappa shape index (κ3) is 3.18. The van der Waals surface area contributed by atoms with Crippen molar-refractivity contribution in [1.29, 1.82) is 0 Å². The van der Waals surface area contributed by atoms with Gasteiger partial charge in [-0.15, -0.1) is 11.3 Å². The number of rotatable bonds is 4. The number of carbonyl (C=O) groups is 2. The Morgan fingerprint density at radius 3 is 2.79 bits per heavy atom. The molecule has 0 unspecified atom stereocenters. The van der Waals surface area contributed by atoms with Gasteiger partial charge in [-0.25, -0.2) is 4.98 Å². The van der Waals surface area contributed by atoms with Gasteiger partial charge in [0.2, 0.25) is 5.91 Å². The van der Waals surface area contributed by atoms with Crippen LogP contribution in [-0.4, -0.2) is 55.6 Å². The molecular weight excluding hydrogens is 330 g/mol. The molecule has 0 aliphatic carbocycles. The molecule has 0 spiro atoms. The molecule has 0 bridgehead atoms. The molecule has 3 rings (SSSR count). The Bertz CT molecular complexity index is 774. The fraction of sp³-hybridized carbons (Fsp3) is 0.312. The Kier molecular flexibility index (Phi) is 4.66. The minimum Gasteiger partial charge on any atom is -0.493 e. The molecule has 8 heteroatoms. The third-order valence-corrected chi connectivity index (χ3v) is 4.57. The number of amides is 2. The highest BCUT2D eigenvalue weighted by Crippen LogP contribution is 2.33. The lowest BCUT2D eigenvalue weighted by molar-refractivity contribution is -0.123. The van der Waals surface area contributed by atoms with Crippen molar-refractivity contribution in [1.82, 2.24) is 15.2 Å². The summed E-state index contributed by atoms with van der Waals surface area (Å²) in [6.07, 6.45) is 0. The minimum absolute atomic E-state index is 0.0715. The van der Waals surface area contributed by atoms with Crippen LogP contribution in [0.1, 0.15) is 10.5 Å². The van der Waals surface area contributed by atoms with Gasteiger partial charge in [-0.3, -0.25) is 9.59 Å². The highest BCUT2D eigenvalue weighted by atomic mass is 32.1. The molecule has 0 radical (unpaired) electrons. The van der Waals surface area contributed by atoms with E-state index in [0.717, 1.165) is 5.56 Å². The van der Waals surface area contributed by atoms with Crippen LogP contribution >= 0.6 is 11.3 Å². The van der Waals surface area contributed by atoms with Crippen LogP contribution in [0.15, 0.2) is 23.6 Å². The van der Waals surface area contributed by atoms with Crippen LogP contribution in [-0.2, 0) is 4.79 Å². The summed E-state index contributed by atoms with van der Waals surface area (Å²) >= 11 is 1.37. The van der Waals surface area contributed by atoms with Crippen molar-refractivity contribution in [2.75, 3.05) is 33.9 Å². The summed E-state index contributed by atoms with van der Waals surface area (Å²) in [5.74, 6) is 0.858. The van der Waals surface area contributed by atoms with Crippen molar-refractivity contribution in [3.05, 3.63) is 29.3 Å². The maximum Gasteiger partial charge on any atom is 0.273 e. The standard InChI is InChI=1S/C16H17N3O4S/c1-22-12-4-3-10(7-13(12)23-2)15-18-11(9-24-15)16(21)19-6-5-17-14(20)8-19/h3-4,7,9H,5-6,8H2,1-2H3,(H,17,20). The SMILES string of the molecule is COc1ccc(-c2nc(C(=O)N3CCNC(=O)C3)cs2)cc1OC. The summed E-state index contributed by atoms with van der Waals surface area (Å²) < 4.78 is 10.5. The summed E-state index contributed by atoms with van der Waals surface area (Å²) in [6.45, 7) is 1.03. The van der Waals surface area contributed by atoms with Gasteiger partial charge in [0, 0.05) is 24.0 Å². The quantitative estimate of drug-likeness (QED) is 0.904. The molecule has 2 amide bonds. The Labute approximate surface area is 143 Å². The number of hydrogen-bond acceptors (Lipinski definition) is 6. The topological polar surface area (TPSA) is 80.8 Å². The Balaban J connectivity index is 1.82. The number of ether oxygens (including phenoxy) is 2. The van der Waals surface area contributed by atoms with E-state index in [9.17, 15) is 9.59 Å². The van der Waals surface area contributed by atoms with Gasteiger partial charge < -0.3 is 19.7 Å². The molecule has 0 saturated carbocycles. The first-order valence-electron chi connectivity index (χ1n) is 7.36. The fourth-order valence-corrected chi connectivity index (χ4v) is 3.24. The van der Waals surface area contributed by atoms with Gasteiger partial charge in [-0.05, 0) is 18.2 Å². The zero-order valence-corrected chi connectivity index (χ0v) is 14.2. The lowest BCUT2D eigenvalue weighted by Crippen LogP contribution is -2.50. The van der Waals surface area contributed by atoms with Gasteiger partial charge in [0.1, 0.15) is 10.7 Å². The summed E-state index contributed by atoms with van der Waals surface area (Å²) in [5, 5.41) is 5.11. The van der Waals surface area contributed by atoms with E-state index in [1.165, 1.54) is 16.2 Å². The Morgan fingerprint density at radius 1 is 1.29 bits per heavy atom. The molecule has 126 valence electrons. The summed E-state index contributed by atoms with van der Waals surface area (Å²) in [5.41, 5.74) is 1.19. The fourth-order valence-electron chi connectivity index (χ4n) is 2.45. The van der Waals surface area contributed by atoms with Crippen molar-refractivity contribution in [2.45, 2.75) is 0 Å². The molecule has 1 fully saturated rings. The minimum atomic E-state index is -0.229. The predicted octanol–water partition coefficient (Wildman–Crippen LogP) is 1.40. The first kappa shape index (κ1) is 16.3. The number of thiazole rings is 1. The van der Waals surface area contributed by atoms with E-state index >= 15 is 0 Å². The van der Waals surface area contributed by atoms with E-state index in [1.54, 1.807) is 25.7 Å². The van der Waals surface area contributed by atoms with E-state index in [0.29, 0.717) is 35.3 Å². The first-order chi connectivity index (χ1) is 11.6. The van der Waals surface area contributed by atoms with Crippen molar-refractivity contribution in [3.63, 3.8) is 0 Å². The molecule has 1 aromatic heterocycles. The largest absolute Gasteiger partial charge is 0.493 e. The average Bonchev–Trinajstić information content (AvgIpc) is 3.10. The van der Waals surface area contributed by atoms with Crippen LogP contribution in [0.4, 0.5) is 0 Å². The number of piperazine rings is 1. The molecule has 1 aliphatic heterocycles. The number of methoxy groups -OCH3 is 2. The third-order valence-electron chi connectivity index (χ3n) is 3.68. The van der Waals surface area contributed by atoms with Crippen molar-refractivity contribution in [3.8, 4) is 22.1 Å². The van der Waals surface area contributed by atoms with Gasteiger partial charge >= 0.3 is 0 Å². The van der Waals surface area contributed by atoms with Gasteiger partial charge in [0.05, 0.1) is 20.8 Å². The molecule has 1 saturated heterocycles. The molecule has 0 atom stereocenters. The van der Waals surface area contributed by atoms with Crippen LogP contribution in [0.25, 0.3) is 10.6 Å². The lowest BCUT2D eigenvalue weighted by Gasteiger charge is -2.25. The molecule has 24 heavy (non-hydrogen) atoms. The van der Waals surface area contributed by atoms with Crippen molar-refractivity contribution in [2.24, 2.45) is 0 Å². The molecule has 2 aromatic rings. The average molecular weight is 347 g/mol. The highest BCUT2D eigenvalue weighted by molar-refractivity contribution is 7.13. The smallest absolute Gasteiger partial charge is 0.273 e. The molecule has 1 aliphatic rings. The molecule has 7 nitrogen and oxygen atoms in total. The van der Waals surface area contributed by atoms with Gasteiger partial charge in [-0.1, -0.05) is 0 Å². The van der Waals surface area contributed by atoms with Crippen molar-refractivity contribution >= 4 is 23.2 Å². The zero-order chi connectivity index (χ0) is 17.1. The second-order valence-corrected chi connectivity index (χ2v) is 6.04. The molecule has 1 aromatic carbocycles. The second-order valence-electron chi connectivity index (χ2n) is 5.18. The van der Waals surface area contributed by atoms with E-state index in [1.807, 2.05) is 12.1 Å². The molecule has 2 heterocycles. The number of benzene rings is 1. The van der Waals surface area contributed by atoms with E-state index in [2.05, 4.69) is 10.3 Å². The maximum absolute atomic E-state index is 12.5. The van der Waals surface area contributed by atoms with Crippen LogP contribution in [0.3, 0.4) is 0 Å². The number of nitrogens with one attached hydrogen (secondary N) is 1. The second kappa shape index (κ2) is 6.88. The number of carbonyl (C=O) groups excluding carboxylic acids is 2. The van der Waals surface area contributed by atoms with Gasteiger partial charge in [-0.2, -0.15) is 0 Å². The first-order valence-corrected chi connectivity index (χ1v) is 8.24. The van der Waals surface area contributed by atoms with Gasteiger partial charge in [0.25, 0.3) is 5.91 Å².